The van der Waals surface area contributed by atoms with Crippen molar-refractivity contribution in [3.63, 3.8) is 0 Å². The third-order valence-corrected chi connectivity index (χ3v) is 4.82. The zero-order valence-electron chi connectivity index (χ0n) is 14.2. The third kappa shape index (κ3) is 4.07. The van der Waals surface area contributed by atoms with Gasteiger partial charge in [-0.05, 0) is 12.7 Å². The molecule has 0 unspecified atom stereocenters. The number of rotatable bonds is 9. The van der Waals surface area contributed by atoms with Crippen LogP contribution < -0.4 is 11.2 Å². The van der Waals surface area contributed by atoms with Crippen LogP contribution in [0.25, 0.3) is 11.2 Å². The van der Waals surface area contributed by atoms with Crippen LogP contribution in [0.2, 0.25) is 0 Å². The number of imidazole rings is 1. The number of aromatic nitrogens is 4. The van der Waals surface area contributed by atoms with Gasteiger partial charge >= 0.3 is 5.69 Å². The largest absolute Gasteiger partial charge is 0.329 e. The van der Waals surface area contributed by atoms with Crippen molar-refractivity contribution < 1.29 is 0 Å². The number of thioether (sulfide) groups is 1. The molecule has 0 amide bonds. The second-order valence-corrected chi connectivity index (χ2v) is 6.64. The number of aromatic amines is 1. The van der Waals surface area contributed by atoms with Gasteiger partial charge in [0.1, 0.15) is 0 Å². The molecule has 0 fully saturated rings. The number of hydrogen-bond donors (Lipinski definition) is 1. The first kappa shape index (κ1) is 17.8. The van der Waals surface area contributed by atoms with Gasteiger partial charge in [0.2, 0.25) is 0 Å². The molecule has 0 aliphatic heterocycles. The van der Waals surface area contributed by atoms with Gasteiger partial charge in [-0.15, -0.1) is 0 Å². The Bertz CT molecular complexity index is 760. The number of nitrogens with zero attached hydrogens (tertiary/aromatic N) is 3. The number of hydrogen-bond acceptors (Lipinski definition) is 4. The maximum absolute atomic E-state index is 12.2. The highest BCUT2D eigenvalue weighted by molar-refractivity contribution is 7.98. The Morgan fingerprint density at radius 1 is 1.09 bits per heavy atom. The molecule has 0 saturated carbocycles. The predicted molar refractivity (Wildman–Crippen MR) is 95.4 cm³/mol. The van der Waals surface area contributed by atoms with E-state index in [-0.39, 0.29) is 5.56 Å². The molecule has 2 rings (SSSR count). The molecular weight excluding hydrogens is 312 g/mol. The Labute approximate surface area is 140 Å². The first-order chi connectivity index (χ1) is 11.1. The van der Waals surface area contributed by atoms with Crippen LogP contribution in [-0.4, -0.2) is 25.4 Å². The van der Waals surface area contributed by atoms with Crippen LogP contribution >= 0.6 is 11.8 Å². The van der Waals surface area contributed by atoms with E-state index < -0.39 is 5.69 Å². The van der Waals surface area contributed by atoms with Crippen LogP contribution in [0, 0.1) is 0 Å². The Kier molecular flexibility index (Phi) is 6.50. The first-order valence-corrected chi connectivity index (χ1v) is 9.56. The maximum atomic E-state index is 12.2. The second-order valence-electron chi connectivity index (χ2n) is 5.86. The van der Waals surface area contributed by atoms with Crippen LogP contribution in [-0.2, 0) is 13.6 Å². The zero-order chi connectivity index (χ0) is 16.8. The molecule has 0 radical (unpaired) electrons. The molecule has 1 N–H and O–H groups in total. The molecule has 2 aromatic heterocycles. The lowest BCUT2D eigenvalue weighted by Crippen LogP contribution is -2.29. The molecule has 0 bridgehead atoms. The average molecular weight is 338 g/mol. The van der Waals surface area contributed by atoms with Gasteiger partial charge in [0.25, 0.3) is 5.56 Å². The van der Waals surface area contributed by atoms with Gasteiger partial charge in [0.15, 0.2) is 16.3 Å². The van der Waals surface area contributed by atoms with E-state index in [9.17, 15) is 9.59 Å². The lowest BCUT2D eigenvalue weighted by atomic mass is 10.1. The second kappa shape index (κ2) is 8.38. The van der Waals surface area contributed by atoms with E-state index in [2.05, 4.69) is 16.9 Å². The monoisotopic (exact) mass is 338 g/mol. The maximum Gasteiger partial charge on any atom is 0.329 e. The summed E-state index contributed by atoms with van der Waals surface area (Å²) in [4.78, 5) is 30.7. The molecule has 128 valence electrons. The summed E-state index contributed by atoms with van der Waals surface area (Å²) in [5, 5.41) is 0.790. The third-order valence-electron chi connectivity index (χ3n) is 4.14. The van der Waals surface area contributed by atoms with Gasteiger partial charge in [-0.3, -0.25) is 14.3 Å². The van der Waals surface area contributed by atoms with Crippen LogP contribution in [0.4, 0.5) is 0 Å². The fraction of sp³-hybridized carbons (Fsp3) is 0.688. The van der Waals surface area contributed by atoms with Crippen molar-refractivity contribution in [3.05, 3.63) is 20.8 Å². The highest BCUT2D eigenvalue weighted by Gasteiger charge is 2.16. The van der Waals surface area contributed by atoms with Crippen LogP contribution in [0.5, 0.6) is 0 Å². The summed E-state index contributed by atoms with van der Waals surface area (Å²) in [6.07, 6.45) is 10.5. The smallest absolute Gasteiger partial charge is 0.313 e. The molecule has 7 heteroatoms. The number of aryl methyl sites for hydroxylation is 2. The predicted octanol–water partition coefficient (Wildman–Crippen LogP) is 2.90. The minimum absolute atomic E-state index is 0.348. The summed E-state index contributed by atoms with van der Waals surface area (Å²) in [6.45, 7) is 2.99. The Hall–Kier alpha value is -1.50. The van der Waals surface area contributed by atoms with Crippen molar-refractivity contribution in [2.24, 2.45) is 7.05 Å². The molecule has 0 spiro atoms. The van der Waals surface area contributed by atoms with Gasteiger partial charge in [-0.25, -0.2) is 9.78 Å². The molecule has 0 aliphatic carbocycles. The summed E-state index contributed by atoms with van der Waals surface area (Å²) in [5.74, 6) is 0. The summed E-state index contributed by atoms with van der Waals surface area (Å²) in [5.41, 5.74) is 0.197. The molecule has 0 saturated heterocycles. The van der Waals surface area contributed by atoms with Crippen molar-refractivity contribution in [2.45, 2.75) is 63.6 Å². The lowest BCUT2D eigenvalue weighted by Gasteiger charge is -2.07. The van der Waals surface area contributed by atoms with E-state index in [1.807, 2.05) is 10.8 Å². The van der Waals surface area contributed by atoms with Crippen LogP contribution in [0.3, 0.4) is 0 Å². The summed E-state index contributed by atoms with van der Waals surface area (Å²) < 4.78 is 3.35. The van der Waals surface area contributed by atoms with Crippen molar-refractivity contribution in [2.75, 3.05) is 6.26 Å². The van der Waals surface area contributed by atoms with Crippen molar-refractivity contribution >= 4 is 22.9 Å². The van der Waals surface area contributed by atoms with E-state index in [0.717, 1.165) is 24.5 Å². The van der Waals surface area contributed by atoms with E-state index in [0.29, 0.717) is 11.2 Å². The highest BCUT2D eigenvalue weighted by atomic mass is 32.2. The Morgan fingerprint density at radius 3 is 2.39 bits per heavy atom. The fourth-order valence-corrected chi connectivity index (χ4v) is 3.39. The molecule has 6 nitrogen and oxygen atoms in total. The van der Waals surface area contributed by atoms with Crippen molar-refractivity contribution in [1.29, 1.82) is 0 Å². The van der Waals surface area contributed by atoms with Crippen molar-refractivity contribution in [1.82, 2.24) is 19.1 Å². The Morgan fingerprint density at radius 2 is 1.74 bits per heavy atom. The molecule has 0 aromatic carbocycles. The molecule has 2 aromatic rings. The minimum Gasteiger partial charge on any atom is -0.313 e. The molecule has 0 aliphatic rings. The molecule has 23 heavy (non-hydrogen) atoms. The van der Waals surface area contributed by atoms with Gasteiger partial charge < -0.3 is 4.57 Å². The van der Waals surface area contributed by atoms with Gasteiger partial charge in [0, 0.05) is 13.6 Å². The van der Waals surface area contributed by atoms with Crippen LogP contribution in [0.15, 0.2) is 14.7 Å². The quantitative estimate of drug-likeness (QED) is 0.563. The standard InChI is InChI=1S/C16H26N4O2S/c1-4-5-6-7-8-9-10-11-20-12-13(17-16(20)23-3)19(2)15(22)18-14(12)21/h4-11H2,1-3H3,(H,18,21,22). The summed E-state index contributed by atoms with van der Waals surface area (Å²) in [6, 6.07) is 0. The topological polar surface area (TPSA) is 72.7 Å². The fourth-order valence-electron chi connectivity index (χ4n) is 2.80. The molecule has 0 atom stereocenters. The molecular formula is C16H26N4O2S. The normalized spacial score (nSPS) is 11.4. The van der Waals surface area contributed by atoms with E-state index in [1.165, 1.54) is 48.4 Å². The van der Waals surface area contributed by atoms with E-state index in [4.69, 9.17) is 0 Å². The van der Waals surface area contributed by atoms with E-state index in [1.54, 1.807) is 7.05 Å². The van der Waals surface area contributed by atoms with Gasteiger partial charge in [0.05, 0.1) is 0 Å². The number of unbranched alkanes of at least 4 members (excludes halogenated alkanes) is 6. The minimum atomic E-state index is -0.421. The highest BCUT2D eigenvalue weighted by Crippen LogP contribution is 2.20. The molecule has 2 heterocycles. The zero-order valence-corrected chi connectivity index (χ0v) is 15.0. The summed E-state index contributed by atoms with van der Waals surface area (Å²) in [7, 11) is 1.63. The van der Waals surface area contributed by atoms with Crippen molar-refractivity contribution in [3.8, 4) is 0 Å². The number of H-pyrrole nitrogens is 1. The SMILES string of the molecule is CCCCCCCCCn1c(SC)nc2c1c(=O)[nH]c(=O)n2C. The summed E-state index contributed by atoms with van der Waals surface area (Å²) >= 11 is 1.50. The number of fused-ring (bicyclic) bond motifs is 1. The van der Waals surface area contributed by atoms with E-state index >= 15 is 0 Å². The lowest BCUT2D eigenvalue weighted by molar-refractivity contribution is 0.538. The van der Waals surface area contributed by atoms with Gasteiger partial charge in [-0.1, -0.05) is 57.2 Å². The first-order valence-electron chi connectivity index (χ1n) is 8.33. The van der Waals surface area contributed by atoms with Crippen LogP contribution in [0.1, 0.15) is 51.9 Å². The average Bonchev–Trinajstić information content (AvgIpc) is 2.91. The number of nitrogens with one attached hydrogen (secondary N) is 1. The Balaban J connectivity index is 2.12. The van der Waals surface area contributed by atoms with Gasteiger partial charge in [-0.2, -0.15) is 0 Å².